The average Bonchev–Trinajstić information content (AvgIpc) is 2.34. The molecule has 0 radical (unpaired) electrons. The molecule has 88 valence electrons. The molecule has 3 N–H and O–H groups in total. The SMILES string of the molecule is Cc1cccc(N)c1NCCc1ccncc1. The van der Waals surface area contributed by atoms with Crippen molar-refractivity contribution in [1.29, 1.82) is 0 Å². The lowest BCUT2D eigenvalue weighted by atomic mass is 10.1. The number of para-hydroxylation sites is 1. The van der Waals surface area contributed by atoms with Gasteiger partial charge in [-0.1, -0.05) is 12.1 Å². The van der Waals surface area contributed by atoms with E-state index in [4.69, 9.17) is 5.73 Å². The molecule has 0 saturated carbocycles. The molecule has 2 aromatic rings. The molecule has 0 fully saturated rings. The second kappa shape index (κ2) is 5.34. The smallest absolute Gasteiger partial charge is 0.0603 e. The Morgan fingerprint density at radius 3 is 2.65 bits per heavy atom. The largest absolute Gasteiger partial charge is 0.397 e. The van der Waals surface area contributed by atoms with Crippen molar-refractivity contribution >= 4 is 11.4 Å². The summed E-state index contributed by atoms with van der Waals surface area (Å²) in [5, 5.41) is 3.38. The van der Waals surface area contributed by atoms with Crippen molar-refractivity contribution in [3.8, 4) is 0 Å². The van der Waals surface area contributed by atoms with Gasteiger partial charge >= 0.3 is 0 Å². The number of hydrogen-bond acceptors (Lipinski definition) is 3. The Morgan fingerprint density at radius 1 is 1.18 bits per heavy atom. The number of benzene rings is 1. The normalized spacial score (nSPS) is 10.2. The highest BCUT2D eigenvalue weighted by atomic mass is 14.9. The van der Waals surface area contributed by atoms with Crippen LogP contribution in [0.5, 0.6) is 0 Å². The molecule has 1 heterocycles. The minimum absolute atomic E-state index is 0.805. The van der Waals surface area contributed by atoms with Crippen LogP contribution in [0.25, 0.3) is 0 Å². The summed E-state index contributed by atoms with van der Waals surface area (Å²) in [6, 6.07) is 10.0. The first-order valence-corrected chi connectivity index (χ1v) is 5.75. The Balaban J connectivity index is 1.95. The van der Waals surface area contributed by atoms with Gasteiger partial charge in [-0.3, -0.25) is 4.98 Å². The third kappa shape index (κ3) is 2.97. The van der Waals surface area contributed by atoms with Crippen LogP contribution in [0.3, 0.4) is 0 Å². The van der Waals surface area contributed by atoms with Crippen LogP contribution in [0.15, 0.2) is 42.7 Å². The molecule has 3 nitrogen and oxygen atoms in total. The molecule has 0 amide bonds. The number of aromatic nitrogens is 1. The van der Waals surface area contributed by atoms with Gasteiger partial charge in [-0.15, -0.1) is 0 Å². The quantitative estimate of drug-likeness (QED) is 0.789. The fourth-order valence-corrected chi connectivity index (χ4v) is 1.81. The molecule has 1 aromatic carbocycles. The summed E-state index contributed by atoms with van der Waals surface area (Å²) in [7, 11) is 0. The second-order valence-corrected chi connectivity index (χ2v) is 4.07. The fourth-order valence-electron chi connectivity index (χ4n) is 1.81. The molecular formula is C14H17N3. The van der Waals surface area contributed by atoms with Crippen LogP contribution in [0.4, 0.5) is 11.4 Å². The van der Waals surface area contributed by atoms with Crippen molar-refractivity contribution in [2.75, 3.05) is 17.6 Å². The summed E-state index contributed by atoms with van der Waals surface area (Å²) in [5.41, 5.74) is 10.2. The van der Waals surface area contributed by atoms with Crippen LogP contribution in [-0.4, -0.2) is 11.5 Å². The standard InChI is InChI=1S/C14H17N3/c1-11-3-2-4-13(15)14(11)17-10-7-12-5-8-16-9-6-12/h2-6,8-9,17H,7,10,15H2,1H3. The average molecular weight is 227 g/mol. The minimum Gasteiger partial charge on any atom is -0.397 e. The van der Waals surface area contributed by atoms with E-state index < -0.39 is 0 Å². The van der Waals surface area contributed by atoms with Crippen molar-refractivity contribution in [2.45, 2.75) is 13.3 Å². The van der Waals surface area contributed by atoms with Gasteiger partial charge in [-0.25, -0.2) is 0 Å². The number of pyridine rings is 1. The van der Waals surface area contributed by atoms with E-state index in [1.165, 1.54) is 11.1 Å². The lowest BCUT2D eigenvalue weighted by Gasteiger charge is -2.12. The summed E-state index contributed by atoms with van der Waals surface area (Å²) >= 11 is 0. The Labute approximate surface area is 102 Å². The zero-order chi connectivity index (χ0) is 12.1. The maximum Gasteiger partial charge on any atom is 0.0603 e. The minimum atomic E-state index is 0.805. The third-order valence-electron chi connectivity index (χ3n) is 2.77. The molecule has 0 spiro atoms. The zero-order valence-corrected chi connectivity index (χ0v) is 9.98. The van der Waals surface area contributed by atoms with Crippen molar-refractivity contribution in [3.05, 3.63) is 53.9 Å². The number of nitrogen functional groups attached to an aromatic ring is 1. The molecule has 3 heteroatoms. The van der Waals surface area contributed by atoms with E-state index in [0.717, 1.165) is 24.3 Å². The summed E-state index contributed by atoms with van der Waals surface area (Å²) in [6.45, 7) is 2.93. The number of nitrogens with zero attached hydrogens (tertiary/aromatic N) is 1. The Morgan fingerprint density at radius 2 is 1.94 bits per heavy atom. The first-order valence-electron chi connectivity index (χ1n) is 5.75. The number of nitrogens with two attached hydrogens (primary N) is 1. The van der Waals surface area contributed by atoms with Crippen LogP contribution < -0.4 is 11.1 Å². The molecular weight excluding hydrogens is 210 g/mol. The Hall–Kier alpha value is -2.03. The van der Waals surface area contributed by atoms with Gasteiger partial charge in [-0.2, -0.15) is 0 Å². The maximum absolute atomic E-state index is 5.93. The Bertz CT molecular complexity index is 460. The Kier molecular flexibility index (Phi) is 3.60. The van der Waals surface area contributed by atoms with E-state index in [-0.39, 0.29) is 0 Å². The third-order valence-corrected chi connectivity index (χ3v) is 2.77. The van der Waals surface area contributed by atoms with Crippen LogP contribution >= 0.6 is 0 Å². The lowest BCUT2D eigenvalue weighted by Crippen LogP contribution is -2.08. The predicted octanol–water partition coefficient (Wildman–Crippen LogP) is 2.63. The molecule has 0 aliphatic carbocycles. The van der Waals surface area contributed by atoms with E-state index in [1.807, 2.05) is 36.7 Å². The molecule has 0 aliphatic heterocycles. The summed E-state index contributed by atoms with van der Waals surface area (Å²) in [6.07, 6.45) is 4.60. The van der Waals surface area contributed by atoms with Crippen molar-refractivity contribution < 1.29 is 0 Å². The molecule has 17 heavy (non-hydrogen) atoms. The number of rotatable bonds is 4. The van der Waals surface area contributed by atoms with Gasteiger partial charge in [0.15, 0.2) is 0 Å². The van der Waals surface area contributed by atoms with Crippen molar-refractivity contribution in [3.63, 3.8) is 0 Å². The molecule has 0 atom stereocenters. The van der Waals surface area contributed by atoms with E-state index >= 15 is 0 Å². The molecule has 0 unspecified atom stereocenters. The van der Waals surface area contributed by atoms with E-state index in [1.54, 1.807) is 0 Å². The van der Waals surface area contributed by atoms with Crippen LogP contribution in [0, 0.1) is 6.92 Å². The van der Waals surface area contributed by atoms with Crippen LogP contribution in [0.2, 0.25) is 0 Å². The van der Waals surface area contributed by atoms with Gasteiger partial charge in [0.1, 0.15) is 0 Å². The summed E-state index contributed by atoms with van der Waals surface area (Å²) < 4.78 is 0. The van der Waals surface area contributed by atoms with Gasteiger partial charge in [0.25, 0.3) is 0 Å². The van der Waals surface area contributed by atoms with E-state index in [9.17, 15) is 0 Å². The molecule has 2 rings (SSSR count). The number of anilines is 2. The number of nitrogens with one attached hydrogen (secondary N) is 1. The monoisotopic (exact) mass is 227 g/mol. The first kappa shape index (κ1) is 11.5. The summed E-state index contributed by atoms with van der Waals surface area (Å²) in [5.74, 6) is 0. The highest BCUT2D eigenvalue weighted by Crippen LogP contribution is 2.22. The number of aryl methyl sites for hydroxylation is 1. The predicted molar refractivity (Wildman–Crippen MR) is 72.0 cm³/mol. The van der Waals surface area contributed by atoms with E-state index in [0.29, 0.717) is 0 Å². The van der Waals surface area contributed by atoms with Gasteiger partial charge < -0.3 is 11.1 Å². The van der Waals surface area contributed by atoms with Gasteiger partial charge in [0.05, 0.1) is 11.4 Å². The number of hydrogen-bond donors (Lipinski definition) is 2. The fraction of sp³-hybridized carbons (Fsp3) is 0.214. The molecule has 0 saturated heterocycles. The lowest BCUT2D eigenvalue weighted by molar-refractivity contribution is 1.01. The van der Waals surface area contributed by atoms with E-state index in [2.05, 4.69) is 23.3 Å². The molecule has 0 bridgehead atoms. The topological polar surface area (TPSA) is 50.9 Å². The van der Waals surface area contributed by atoms with Crippen LogP contribution in [0.1, 0.15) is 11.1 Å². The van der Waals surface area contributed by atoms with Gasteiger partial charge in [0, 0.05) is 18.9 Å². The van der Waals surface area contributed by atoms with Crippen molar-refractivity contribution in [1.82, 2.24) is 4.98 Å². The van der Waals surface area contributed by atoms with Crippen molar-refractivity contribution in [2.24, 2.45) is 0 Å². The van der Waals surface area contributed by atoms with Gasteiger partial charge in [-0.05, 0) is 42.7 Å². The molecule has 1 aromatic heterocycles. The highest BCUT2D eigenvalue weighted by Gasteiger charge is 2.01. The van der Waals surface area contributed by atoms with Crippen LogP contribution in [-0.2, 0) is 6.42 Å². The first-order chi connectivity index (χ1) is 8.27. The zero-order valence-electron chi connectivity index (χ0n) is 9.98. The summed E-state index contributed by atoms with van der Waals surface area (Å²) in [4.78, 5) is 4.00. The second-order valence-electron chi connectivity index (χ2n) is 4.07. The molecule has 0 aliphatic rings. The maximum atomic E-state index is 5.93. The van der Waals surface area contributed by atoms with Gasteiger partial charge in [0.2, 0.25) is 0 Å². The highest BCUT2D eigenvalue weighted by molar-refractivity contribution is 5.69.